The summed E-state index contributed by atoms with van der Waals surface area (Å²) in [7, 11) is -3.53. The largest absolute Gasteiger partial charge is 0.398 e. The zero-order valence-electron chi connectivity index (χ0n) is 11.2. The highest BCUT2D eigenvalue weighted by atomic mass is 32.2. The number of nitrogens with zero attached hydrogens (tertiary/aromatic N) is 1. The molecule has 0 amide bonds. The van der Waals surface area contributed by atoms with E-state index < -0.39 is 16.1 Å². The fraction of sp³-hybridized carbons (Fsp3) is 0.538. The first-order valence-electron chi connectivity index (χ1n) is 6.37. The van der Waals surface area contributed by atoms with E-state index in [1.807, 2.05) is 6.92 Å². The van der Waals surface area contributed by atoms with Crippen LogP contribution in [0.1, 0.15) is 18.9 Å². The lowest BCUT2D eigenvalue weighted by Gasteiger charge is -2.33. The van der Waals surface area contributed by atoms with Gasteiger partial charge in [-0.05, 0) is 37.0 Å². The molecule has 1 heterocycles. The quantitative estimate of drug-likeness (QED) is 0.793. The molecule has 6 heteroatoms. The Balaban J connectivity index is 2.35. The smallest absolute Gasteiger partial charge is 0.243 e. The van der Waals surface area contributed by atoms with E-state index in [9.17, 15) is 13.5 Å². The summed E-state index contributed by atoms with van der Waals surface area (Å²) in [6, 6.07) is 4.92. The number of piperidine rings is 1. The van der Waals surface area contributed by atoms with E-state index in [0.717, 1.165) is 0 Å². The SMILES string of the molecule is Cc1c(N)cccc1S(=O)(=O)N1CCC(O)C(C)C1. The third-order valence-electron chi connectivity index (χ3n) is 3.77. The number of nitrogen functional groups attached to an aromatic ring is 1. The molecule has 5 nitrogen and oxygen atoms in total. The fourth-order valence-electron chi connectivity index (χ4n) is 2.36. The molecule has 1 aromatic carbocycles. The number of benzene rings is 1. The van der Waals surface area contributed by atoms with Crippen molar-refractivity contribution in [3.8, 4) is 0 Å². The molecule has 3 N–H and O–H groups in total. The number of rotatable bonds is 2. The number of aliphatic hydroxyl groups excluding tert-OH is 1. The molecule has 2 atom stereocenters. The van der Waals surface area contributed by atoms with E-state index in [1.165, 1.54) is 4.31 Å². The maximum atomic E-state index is 12.6. The zero-order valence-corrected chi connectivity index (χ0v) is 12.0. The van der Waals surface area contributed by atoms with E-state index in [0.29, 0.717) is 30.8 Å². The van der Waals surface area contributed by atoms with E-state index in [1.54, 1.807) is 25.1 Å². The van der Waals surface area contributed by atoms with E-state index in [-0.39, 0.29) is 10.8 Å². The molecular formula is C13H20N2O3S. The van der Waals surface area contributed by atoms with Crippen LogP contribution in [-0.4, -0.2) is 37.0 Å². The van der Waals surface area contributed by atoms with Crippen LogP contribution in [0.25, 0.3) is 0 Å². The van der Waals surface area contributed by atoms with Gasteiger partial charge >= 0.3 is 0 Å². The van der Waals surface area contributed by atoms with Crippen LogP contribution in [0.5, 0.6) is 0 Å². The number of anilines is 1. The van der Waals surface area contributed by atoms with E-state index in [2.05, 4.69) is 0 Å². The number of hydrogen-bond donors (Lipinski definition) is 2. The molecule has 106 valence electrons. The molecule has 0 spiro atoms. The molecule has 1 aromatic rings. The van der Waals surface area contributed by atoms with Crippen molar-refractivity contribution in [1.82, 2.24) is 4.31 Å². The number of nitrogens with two attached hydrogens (primary N) is 1. The van der Waals surface area contributed by atoms with Gasteiger partial charge in [0.25, 0.3) is 0 Å². The van der Waals surface area contributed by atoms with Gasteiger partial charge in [-0.1, -0.05) is 13.0 Å². The van der Waals surface area contributed by atoms with Gasteiger partial charge in [-0.2, -0.15) is 4.31 Å². The van der Waals surface area contributed by atoms with Crippen molar-refractivity contribution in [2.75, 3.05) is 18.8 Å². The highest BCUT2D eigenvalue weighted by molar-refractivity contribution is 7.89. The molecule has 1 fully saturated rings. The average Bonchev–Trinajstić information content (AvgIpc) is 2.35. The Morgan fingerprint density at radius 2 is 2.11 bits per heavy atom. The van der Waals surface area contributed by atoms with Crippen LogP contribution in [0.15, 0.2) is 23.1 Å². The van der Waals surface area contributed by atoms with Crippen molar-refractivity contribution in [2.24, 2.45) is 5.92 Å². The predicted molar refractivity (Wildman–Crippen MR) is 74.1 cm³/mol. The maximum absolute atomic E-state index is 12.6. The molecule has 0 bridgehead atoms. The van der Waals surface area contributed by atoms with Crippen LogP contribution in [-0.2, 0) is 10.0 Å². The van der Waals surface area contributed by atoms with Crippen molar-refractivity contribution in [1.29, 1.82) is 0 Å². The minimum Gasteiger partial charge on any atom is -0.398 e. The maximum Gasteiger partial charge on any atom is 0.243 e. The molecule has 1 aliphatic heterocycles. The lowest BCUT2D eigenvalue weighted by atomic mass is 9.99. The van der Waals surface area contributed by atoms with Gasteiger partial charge in [-0.25, -0.2) is 8.42 Å². The standard InChI is InChI=1S/C13H20N2O3S/c1-9-8-15(7-6-12(9)16)19(17,18)13-5-3-4-11(14)10(13)2/h3-5,9,12,16H,6-8,14H2,1-2H3. The van der Waals surface area contributed by atoms with Crippen molar-refractivity contribution in [3.63, 3.8) is 0 Å². The Morgan fingerprint density at radius 3 is 2.74 bits per heavy atom. The molecule has 0 aromatic heterocycles. The van der Waals surface area contributed by atoms with E-state index >= 15 is 0 Å². The Bertz CT molecular complexity index is 571. The zero-order chi connectivity index (χ0) is 14.2. The van der Waals surface area contributed by atoms with Gasteiger partial charge < -0.3 is 10.8 Å². The topological polar surface area (TPSA) is 83.6 Å². The first-order valence-corrected chi connectivity index (χ1v) is 7.81. The first-order chi connectivity index (χ1) is 8.84. The lowest BCUT2D eigenvalue weighted by molar-refractivity contribution is 0.0628. The lowest BCUT2D eigenvalue weighted by Crippen LogP contribution is -2.45. The van der Waals surface area contributed by atoms with Gasteiger partial charge in [0.2, 0.25) is 10.0 Å². The third-order valence-corrected chi connectivity index (χ3v) is 5.78. The minimum absolute atomic E-state index is 0.0510. The van der Waals surface area contributed by atoms with Crippen LogP contribution in [0.4, 0.5) is 5.69 Å². The monoisotopic (exact) mass is 284 g/mol. The second kappa shape index (κ2) is 5.11. The molecule has 0 radical (unpaired) electrons. The van der Waals surface area contributed by atoms with Gasteiger partial charge in [0.15, 0.2) is 0 Å². The molecule has 0 saturated carbocycles. The summed E-state index contributed by atoms with van der Waals surface area (Å²) in [6.45, 7) is 4.27. The number of hydrogen-bond acceptors (Lipinski definition) is 4. The van der Waals surface area contributed by atoms with Crippen LogP contribution in [0.3, 0.4) is 0 Å². The Hall–Kier alpha value is -1.11. The van der Waals surface area contributed by atoms with Crippen LogP contribution in [0.2, 0.25) is 0 Å². The second-order valence-electron chi connectivity index (χ2n) is 5.17. The Morgan fingerprint density at radius 1 is 1.42 bits per heavy atom. The van der Waals surface area contributed by atoms with Gasteiger partial charge in [0, 0.05) is 18.8 Å². The third kappa shape index (κ3) is 2.61. The van der Waals surface area contributed by atoms with Crippen LogP contribution < -0.4 is 5.73 Å². The minimum atomic E-state index is -3.53. The van der Waals surface area contributed by atoms with Crippen molar-refractivity contribution in [2.45, 2.75) is 31.3 Å². The second-order valence-corrected chi connectivity index (χ2v) is 7.07. The highest BCUT2D eigenvalue weighted by Gasteiger charge is 2.33. The summed E-state index contributed by atoms with van der Waals surface area (Å²) in [5.41, 5.74) is 6.84. The van der Waals surface area contributed by atoms with Gasteiger partial charge in [0.05, 0.1) is 11.0 Å². The summed E-state index contributed by atoms with van der Waals surface area (Å²) in [5, 5.41) is 9.69. The molecule has 1 saturated heterocycles. The molecular weight excluding hydrogens is 264 g/mol. The molecule has 2 unspecified atom stereocenters. The molecule has 1 aliphatic rings. The van der Waals surface area contributed by atoms with E-state index in [4.69, 9.17) is 5.73 Å². The Labute approximate surface area is 114 Å². The number of sulfonamides is 1. The van der Waals surface area contributed by atoms with Crippen LogP contribution >= 0.6 is 0 Å². The summed E-state index contributed by atoms with van der Waals surface area (Å²) in [4.78, 5) is 0.260. The summed E-state index contributed by atoms with van der Waals surface area (Å²) in [6.07, 6.45) is 0.0512. The van der Waals surface area contributed by atoms with Crippen molar-refractivity contribution >= 4 is 15.7 Å². The summed E-state index contributed by atoms with van der Waals surface area (Å²) in [5.74, 6) is -0.0510. The Kier molecular flexibility index (Phi) is 3.85. The first kappa shape index (κ1) is 14.3. The van der Waals surface area contributed by atoms with Crippen molar-refractivity contribution in [3.05, 3.63) is 23.8 Å². The average molecular weight is 284 g/mol. The summed E-state index contributed by atoms with van der Waals surface area (Å²) >= 11 is 0. The van der Waals surface area contributed by atoms with Gasteiger partial charge in [0.1, 0.15) is 0 Å². The normalized spacial score (nSPS) is 25.4. The fourth-order valence-corrected chi connectivity index (χ4v) is 4.17. The van der Waals surface area contributed by atoms with Gasteiger partial charge in [-0.15, -0.1) is 0 Å². The molecule has 0 aliphatic carbocycles. The summed E-state index contributed by atoms with van der Waals surface area (Å²) < 4.78 is 26.6. The predicted octanol–water partition coefficient (Wildman–Crippen LogP) is 0.969. The number of aliphatic hydroxyl groups is 1. The molecule has 19 heavy (non-hydrogen) atoms. The van der Waals surface area contributed by atoms with Crippen molar-refractivity contribution < 1.29 is 13.5 Å². The van der Waals surface area contributed by atoms with Gasteiger partial charge in [-0.3, -0.25) is 0 Å². The highest BCUT2D eigenvalue weighted by Crippen LogP contribution is 2.27. The van der Waals surface area contributed by atoms with Crippen LogP contribution in [0, 0.1) is 12.8 Å². The molecule has 2 rings (SSSR count).